The van der Waals surface area contributed by atoms with Crippen LogP contribution in [0.15, 0.2) is 0 Å². The van der Waals surface area contributed by atoms with Gasteiger partial charge >= 0.3 is 7.60 Å². The Morgan fingerprint density at radius 3 is 2.71 bits per heavy atom. The molecule has 0 aromatic heterocycles. The van der Waals surface area contributed by atoms with Crippen molar-refractivity contribution in [3.8, 4) is 0 Å². The Bertz CT molecular complexity index is 226. The van der Waals surface area contributed by atoms with Gasteiger partial charge in [0, 0.05) is 19.3 Å². The third-order valence-electron chi connectivity index (χ3n) is 2.48. The van der Waals surface area contributed by atoms with Crippen LogP contribution in [-0.2, 0) is 9.09 Å². The van der Waals surface area contributed by atoms with Gasteiger partial charge in [-0.25, -0.2) is 0 Å². The van der Waals surface area contributed by atoms with Gasteiger partial charge in [0.1, 0.15) is 0 Å². The van der Waals surface area contributed by atoms with E-state index in [2.05, 4.69) is 18.7 Å². The summed E-state index contributed by atoms with van der Waals surface area (Å²) in [6, 6.07) is 0.483. The third kappa shape index (κ3) is 4.09. The standard InChI is InChI=1S/C9H20NO3P/c1-8(2)10-6-4-5-9(7-10)13-14(3,11)12/h8-9H,4-7H2,1-3H3,(H,11,12). The van der Waals surface area contributed by atoms with Gasteiger partial charge in [0.25, 0.3) is 0 Å². The molecule has 1 fully saturated rings. The maximum Gasteiger partial charge on any atom is 0.325 e. The molecule has 84 valence electrons. The van der Waals surface area contributed by atoms with Crippen LogP contribution >= 0.6 is 7.60 Å². The lowest BCUT2D eigenvalue weighted by atomic mass is 10.1. The van der Waals surface area contributed by atoms with Crippen molar-refractivity contribution >= 4 is 7.60 Å². The van der Waals surface area contributed by atoms with Crippen molar-refractivity contribution < 1.29 is 14.0 Å². The van der Waals surface area contributed by atoms with E-state index >= 15 is 0 Å². The topological polar surface area (TPSA) is 49.8 Å². The fourth-order valence-corrected chi connectivity index (χ4v) is 2.52. The zero-order valence-corrected chi connectivity index (χ0v) is 10.0. The SMILES string of the molecule is CC(C)N1CCCC(OP(C)(=O)O)C1. The second-order valence-corrected chi connectivity index (χ2v) is 6.08. The maximum absolute atomic E-state index is 11.1. The molecule has 14 heavy (non-hydrogen) atoms. The summed E-state index contributed by atoms with van der Waals surface area (Å²) < 4.78 is 16.2. The molecule has 1 heterocycles. The molecule has 1 aliphatic heterocycles. The summed E-state index contributed by atoms with van der Waals surface area (Å²) in [6.07, 6.45) is 1.86. The molecule has 0 radical (unpaired) electrons. The molecule has 0 aromatic rings. The molecule has 0 spiro atoms. The minimum absolute atomic E-state index is 0.0769. The van der Waals surface area contributed by atoms with Gasteiger partial charge in [-0.05, 0) is 33.2 Å². The van der Waals surface area contributed by atoms with Crippen molar-refractivity contribution in [1.82, 2.24) is 4.90 Å². The Balaban J connectivity index is 2.44. The predicted molar refractivity (Wildman–Crippen MR) is 56.6 cm³/mol. The number of hydrogen-bond donors (Lipinski definition) is 1. The highest BCUT2D eigenvalue weighted by molar-refractivity contribution is 7.51. The Labute approximate surface area is 85.8 Å². The average molecular weight is 221 g/mol. The first kappa shape index (κ1) is 12.2. The van der Waals surface area contributed by atoms with Crippen molar-refractivity contribution in [2.45, 2.75) is 38.8 Å². The summed E-state index contributed by atoms with van der Waals surface area (Å²) in [4.78, 5) is 11.4. The van der Waals surface area contributed by atoms with E-state index in [-0.39, 0.29) is 6.10 Å². The van der Waals surface area contributed by atoms with Crippen LogP contribution in [0.4, 0.5) is 0 Å². The first-order valence-corrected chi connectivity index (χ1v) is 7.13. The molecule has 0 amide bonds. The van der Waals surface area contributed by atoms with E-state index in [0.717, 1.165) is 25.9 Å². The summed E-state index contributed by atoms with van der Waals surface area (Å²) in [5, 5.41) is 0. The summed E-state index contributed by atoms with van der Waals surface area (Å²) in [6.45, 7) is 7.36. The molecular weight excluding hydrogens is 201 g/mol. The van der Waals surface area contributed by atoms with Crippen LogP contribution in [0.5, 0.6) is 0 Å². The van der Waals surface area contributed by atoms with Crippen molar-refractivity contribution in [3.63, 3.8) is 0 Å². The van der Waals surface area contributed by atoms with Gasteiger partial charge in [-0.15, -0.1) is 0 Å². The van der Waals surface area contributed by atoms with Crippen LogP contribution < -0.4 is 0 Å². The van der Waals surface area contributed by atoms with Gasteiger partial charge in [0.2, 0.25) is 0 Å². The molecule has 0 saturated carbocycles. The lowest BCUT2D eigenvalue weighted by molar-refractivity contribution is 0.0639. The van der Waals surface area contributed by atoms with Crippen molar-refractivity contribution in [1.29, 1.82) is 0 Å². The molecule has 1 saturated heterocycles. The lowest BCUT2D eigenvalue weighted by Crippen LogP contribution is -2.42. The predicted octanol–water partition coefficient (Wildman–Crippen LogP) is 1.69. The highest BCUT2D eigenvalue weighted by atomic mass is 31.2. The quantitative estimate of drug-likeness (QED) is 0.737. The minimum atomic E-state index is -3.32. The average Bonchev–Trinajstić information content (AvgIpc) is 2.01. The summed E-state index contributed by atoms with van der Waals surface area (Å²) in [5.41, 5.74) is 0. The molecule has 2 unspecified atom stereocenters. The van der Waals surface area contributed by atoms with E-state index in [9.17, 15) is 4.57 Å². The number of hydrogen-bond acceptors (Lipinski definition) is 3. The zero-order chi connectivity index (χ0) is 10.8. The van der Waals surface area contributed by atoms with Crippen molar-refractivity contribution in [2.24, 2.45) is 0 Å². The lowest BCUT2D eigenvalue weighted by Gasteiger charge is -2.35. The molecule has 4 nitrogen and oxygen atoms in total. The minimum Gasteiger partial charge on any atom is -0.324 e. The summed E-state index contributed by atoms with van der Waals surface area (Å²) in [7, 11) is -3.32. The molecule has 0 bridgehead atoms. The molecule has 1 N–H and O–H groups in total. The van der Waals surface area contributed by atoms with E-state index in [4.69, 9.17) is 9.42 Å². The van der Waals surface area contributed by atoms with E-state index in [1.54, 1.807) is 0 Å². The molecule has 2 atom stereocenters. The van der Waals surface area contributed by atoms with Gasteiger partial charge in [-0.3, -0.25) is 9.46 Å². The third-order valence-corrected chi connectivity index (χ3v) is 3.17. The van der Waals surface area contributed by atoms with Gasteiger partial charge in [-0.1, -0.05) is 0 Å². The van der Waals surface area contributed by atoms with Gasteiger partial charge in [-0.2, -0.15) is 0 Å². The Hall–Kier alpha value is 0.110. The van der Waals surface area contributed by atoms with E-state index in [1.807, 2.05) is 0 Å². The van der Waals surface area contributed by atoms with Gasteiger partial charge in [0.15, 0.2) is 0 Å². The van der Waals surface area contributed by atoms with Crippen LogP contribution in [0.25, 0.3) is 0 Å². The second kappa shape index (κ2) is 4.75. The van der Waals surface area contributed by atoms with Crippen LogP contribution in [0, 0.1) is 0 Å². The zero-order valence-electron chi connectivity index (χ0n) is 9.14. The summed E-state index contributed by atoms with van der Waals surface area (Å²) >= 11 is 0. The summed E-state index contributed by atoms with van der Waals surface area (Å²) in [5.74, 6) is 0. The largest absolute Gasteiger partial charge is 0.325 e. The number of piperidine rings is 1. The first-order chi connectivity index (χ1) is 6.38. The molecule has 0 aromatic carbocycles. The van der Waals surface area contributed by atoms with Crippen LogP contribution in [0.2, 0.25) is 0 Å². The van der Waals surface area contributed by atoms with Gasteiger partial charge < -0.3 is 9.42 Å². The van der Waals surface area contributed by atoms with Crippen LogP contribution in [-0.4, -0.2) is 41.7 Å². The second-order valence-electron chi connectivity index (χ2n) is 4.26. The van der Waals surface area contributed by atoms with E-state index in [0.29, 0.717) is 6.04 Å². The Kier molecular flexibility index (Phi) is 4.14. The molecule has 0 aliphatic carbocycles. The molecular formula is C9H20NO3P. The number of rotatable bonds is 3. The van der Waals surface area contributed by atoms with Crippen molar-refractivity contribution in [2.75, 3.05) is 19.8 Å². The molecule has 1 aliphatic rings. The van der Waals surface area contributed by atoms with E-state index < -0.39 is 7.60 Å². The van der Waals surface area contributed by atoms with Crippen LogP contribution in [0.3, 0.4) is 0 Å². The van der Waals surface area contributed by atoms with Crippen molar-refractivity contribution in [3.05, 3.63) is 0 Å². The fourth-order valence-electron chi connectivity index (χ4n) is 1.80. The van der Waals surface area contributed by atoms with Gasteiger partial charge in [0.05, 0.1) is 6.10 Å². The smallest absolute Gasteiger partial charge is 0.324 e. The monoisotopic (exact) mass is 221 g/mol. The van der Waals surface area contributed by atoms with E-state index in [1.165, 1.54) is 6.66 Å². The normalized spacial score (nSPS) is 29.1. The molecule has 1 rings (SSSR count). The highest BCUT2D eigenvalue weighted by Gasteiger charge is 2.26. The first-order valence-electron chi connectivity index (χ1n) is 5.11. The Morgan fingerprint density at radius 2 is 2.21 bits per heavy atom. The highest BCUT2D eigenvalue weighted by Crippen LogP contribution is 2.40. The maximum atomic E-state index is 11.1. The fraction of sp³-hybridized carbons (Fsp3) is 1.00. The number of nitrogens with zero attached hydrogens (tertiary/aromatic N) is 1. The Morgan fingerprint density at radius 1 is 1.57 bits per heavy atom. The van der Waals surface area contributed by atoms with Crippen LogP contribution in [0.1, 0.15) is 26.7 Å². The molecule has 5 heteroatoms. The number of likely N-dealkylation sites (tertiary alicyclic amines) is 1.